The molecule has 4 nitrogen and oxygen atoms in total. The Morgan fingerprint density at radius 1 is 0.933 bits per heavy atom. The van der Waals surface area contributed by atoms with Crippen molar-refractivity contribution in [2.75, 3.05) is 13.7 Å². The van der Waals surface area contributed by atoms with Gasteiger partial charge in [-0.05, 0) is 47.1 Å². The molecule has 0 amide bonds. The van der Waals surface area contributed by atoms with Crippen molar-refractivity contribution in [1.82, 2.24) is 15.6 Å². The molecule has 1 heterocycles. The summed E-state index contributed by atoms with van der Waals surface area (Å²) >= 11 is 5.54. The molecule has 152 valence electrons. The quantitative estimate of drug-likeness (QED) is 0.373. The van der Waals surface area contributed by atoms with Crippen molar-refractivity contribution in [2.24, 2.45) is 0 Å². The Morgan fingerprint density at radius 2 is 1.67 bits per heavy atom. The van der Waals surface area contributed by atoms with Gasteiger partial charge < -0.3 is 20.4 Å². The van der Waals surface area contributed by atoms with Gasteiger partial charge in [0.2, 0.25) is 0 Å². The molecule has 0 unspecified atom stereocenters. The van der Waals surface area contributed by atoms with Gasteiger partial charge in [-0.3, -0.25) is 0 Å². The highest BCUT2D eigenvalue weighted by molar-refractivity contribution is 7.80. The number of aromatic amines is 1. The van der Waals surface area contributed by atoms with Crippen LogP contribution < -0.4 is 15.4 Å². The Balaban J connectivity index is 1.52. The molecule has 4 rings (SSSR count). The number of thiocarbonyl (C=S) groups is 1. The summed E-state index contributed by atoms with van der Waals surface area (Å²) in [6.07, 6.45) is 2.10. The van der Waals surface area contributed by atoms with Gasteiger partial charge in [-0.2, -0.15) is 0 Å². The Hall–Kier alpha value is -3.31. The minimum Gasteiger partial charge on any atom is -0.497 e. The van der Waals surface area contributed by atoms with Crippen LogP contribution in [0.3, 0.4) is 0 Å². The van der Waals surface area contributed by atoms with Crippen LogP contribution in [-0.4, -0.2) is 23.8 Å². The summed E-state index contributed by atoms with van der Waals surface area (Å²) in [5.41, 5.74) is 4.79. The monoisotopic (exact) mass is 415 g/mol. The van der Waals surface area contributed by atoms with E-state index in [1.165, 1.54) is 22.1 Å². The molecule has 5 heteroatoms. The first-order chi connectivity index (χ1) is 14.7. The molecule has 4 aromatic rings. The number of ether oxygens (including phenoxy) is 1. The van der Waals surface area contributed by atoms with Crippen molar-refractivity contribution in [1.29, 1.82) is 0 Å². The van der Waals surface area contributed by atoms with Crippen LogP contribution in [0.15, 0.2) is 85.1 Å². The smallest absolute Gasteiger partial charge is 0.166 e. The van der Waals surface area contributed by atoms with Crippen LogP contribution in [0.25, 0.3) is 10.9 Å². The molecule has 0 spiro atoms. The molecule has 0 saturated carbocycles. The van der Waals surface area contributed by atoms with Gasteiger partial charge in [0, 0.05) is 36.1 Å². The van der Waals surface area contributed by atoms with E-state index in [9.17, 15) is 0 Å². The van der Waals surface area contributed by atoms with E-state index in [4.69, 9.17) is 17.0 Å². The summed E-state index contributed by atoms with van der Waals surface area (Å²) < 4.78 is 5.33. The number of hydrogen-bond acceptors (Lipinski definition) is 2. The zero-order valence-electron chi connectivity index (χ0n) is 16.9. The van der Waals surface area contributed by atoms with E-state index in [1.807, 2.05) is 36.4 Å². The minimum absolute atomic E-state index is 0.142. The molecule has 30 heavy (non-hydrogen) atoms. The molecule has 1 aromatic heterocycles. The van der Waals surface area contributed by atoms with Crippen molar-refractivity contribution in [3.63, 3.8) is 0 Å². The van der Waals surface area contributed by atoms with Crippen molar-refractivity contribution in [3.8, 4) is 5.75 Å². The zero-order chi connectivity index (χ0) is 20.8. The Bertz CT molecular complexity index is 1110. The number of hydrogen-bond donors (Lipinski definition) is 3. The molecule has 0 radical (unpaired) electrons. The van der Waals surface area contributed by atoms with Crippen molar-refractivity contribution in [3.05, 3.63) is 102 Å². The molecule has 0 aliphatic heterocycles. The maximum atomic E-state index is 5.54. The topological polar surface area (TPSA) is 49.1 Å². The molecule has 0 aliphatic carbocycles. The van der Waals surface area contributed by atoms with Crippen LogP contribution in [0.1, 0.15) is 22.6 Å². The van der Waals surface area contributed by atoms with Crippen LogP contribution in [0.2, 0.25) is 0 Å². The van der Waals surface area contributed by atoms with Crippen molar-refractivity contribution in [2.45, 2.75) is 12.5 Å². The second-order valence-corrected chi connectivity index (χ2v) is 7.57. The maximum absolute atomic E-state index is 5.54. The Kier molecular flexibility index (Phi) is 6.30. The summed E-state index contributed by atoms with van der Waals surface area (Å²) in [5.74, 6) is 0.993. The van der Waals surface area contributed by atoms with Gasteiger partial charge in [-0.25, -0.2) is 0 Å². The molecule has 3 aromatic carbocycles. The number of para-hydroxylation sites is 1. The van der Waals surface area contributed by atoms with Crippen molar-refractivity contribution >= 4 is 28.2 Å². The van der Waals surface area contributed by atoms with Crippen molar-refractivity contribution < 1.29 is 4.74 Å². The Morgan fingerprint density at radius 3 is 2.43 bits per heavy atom. The van der Waals surface area contributed by atoms with Gasteiger partial charge in [0.25, 0.3) is 0 Å². The summed E-state index contributed by atoms with van der Waals surface area (Å²) in [6.45, 7) is 1.39. The summed E-state index contributed by atoms with van der Waals surface area (Å²) in [7, 11) is 1.69. The fraction of sp³-hybridized carbons (Fsp3) is 0.160. The average Bonchev–Trinajstić information content (AvgIpc) is 3.23. The van der Waals surface area contributed by atoms with Crippen LogP contribution >= 0.6 is 12.2 Å². The lowest BCUT2D eigenvalue weighted by Crippen LogP contribution is -2.37. The molecular weight excluding hydrogens is 390 g/mol. The fourth-order valence-electron chi connectivity index (χ4n) is 3.66. The van der Waals surface area contributed by atoms with Gasteiger partial charge in [0.05, 0.1) is 7.11 Å². The first kappa shape index (κ1) is 20.0. The van der Waals surface area contributed by atoms with Crippen LogP contribution in [-0.2, 0) is 6.54 Å². The molecule has 0 aliphatic rings. The third kappa shape index (κ3) is 4.63. The lowest BCUT2D eigenvalue weighted by molar-refractivity contribution is 0.414. The number of aromatic nitrogens is 1. The highest BCUT2D eigenvalue weighted by Gasteiger charge is 2.18. The lowest BCUT2D eigenvalue weighted by atomic mass is 9.91. The van der Waals surface area contributed by atoms with E-state index in [2.05, 4.69) is 64.3 Å². The van der Waals surface area contributed by atoms with Gasteiger partial charge >= 0.3 is 0 Å². The maximum Gasteiger partial charge on any atom is 0.166 e. The number of fused-ring (bicyclic) bond motifs is 1. The predicted octanol–water partition coefficient (Wildman–Crippen LogP) is 4.97. The summed E-state index contributed by atoms with van der Waals surface area (Å²) in [6, 6.07) is 26.9. The highest BCUT2D eigenvalue weighted by atomic mass is 32.1. The second-order valence-electron chi connectivity index (χ2n) is 7.16. The fourth-order valence-corrected chi connectivity index (χ4v) is 3.82. The van der Waals surface area contributed by atoms with E-state index in [1.54, 1.807) is 7.11 Å². The first-order valence-electron chi connectivity index (χ1n) is 10.00. The molecule has 1 atom stereocenters. The summed E-state index contributed by atoms with van der Waals surface area (Å²) in [4.78, 5) is 3.39. The zero-order valence-corrected chi connectivity index (χ0v) is 17.7. The number of H-pyrrole nitrogens is 1. The SMILES string of the molecule is COc1ccc([C@H](CNC(=S)NCc2ccccc2)c2c[nH]c3ccccc23)cc1. The summed E-state index contributed by atoms with van der Waals surface area (Å²) in [5, 5.41) is 8.58. The average molecular weight is 416 g/mol. The van der Waals surface area contributed by atoms with Gasteiger partial charge in [-0.1, -0.05) is 60.7 Å². The number of rotatable bonds is 7. The predicted molar refractivity (Wildman–Crippen MR) is 127 cm³/mol. The lowest BCUT2D eigenvalue weighted by Gasteiger charge is -2.20. The normalized spacial score (nSPS) is 11.8. The Labute approximate surface area is 182 Å². The highest BCUT2D eigenvalue weighted by Crippen LogP contribution is 2.31. The van der Waals surface area contributed by atoms with Crippen LogP contribution in [0.4, 0.5) is 0 Å². The van der Waals surface area contributed by atoms with E-state index < -0.39 is 0 Å². The molecule has 3 N–H and O–H groups in total. The van der Waals surface area contributed by atoms with Crippen LogP contribution in [0, 0.1) is 0 Å². The number of benzene rings is 3. The number of methoxy groups -OCH3 is 1. The molecule has 0 fully saturated rings. The van der Waals surface area contributed by atoms with Crippen LogP contribution in [0.5, 0.6) is 5.75 Å². The van der Waals surface area contributed by atoms with E-state index in [0.717, 1.165) is 11.3 Å². The van der Waals surface area contributed by atoms with E-state index >= 15 is 0 Å². The third-order valence-electron chi connectivity index (χ3n) is 5.28. The molecular formula is C25H25N3OS. The van der Waals surface area contributed by atoms with E-state index in [0.29, 0.717) is 18.2 Å². The molecule has 0 saturated heterocycles. The third-order valence-corrected chi connectivity index (χ3v) is 5.57. The van der Waals surface area contributed by atoms with Gasteiger partial charge in [0.1, 0.15) is 5.75 Å². The van der Waals surface area contributed by atoms with E-state index in [-0.39, 0.29) is 5.92 Å². The second kappa shape index (κ2) is 9.46. The largest absolute Gasteiger partial charge is 0.497 e. The minimum atomic E-state index is 0.142. The first-order valence-corrected chi connectivity index (χ1v) is 10.4. The van der Waals surface area contributed by atoms with Gasteiger partial charge in [-0.15, -0.1) is 0 Å². The number of nitrogens with one attached hydrogen (secondary N) is 3. The molecule has 0 bridgehead atoms. The van der Waals surface area contributed by atoms with Gasteiger partial charge in [0.15, 0.2) is 5.11 Å². The standard InChI is InChI=1S/C25H25N3OS/c1-29-20-13-11-19(12-14-20)22(23-17-26-24-10-6-5-9-21(23)24)16-28-25(30)27-15-18-7-3-2-4-8-18/h2-14,17,22,26H,15-16H2,1H3,(H2,27,28,30)/t22-/m0/s1.